The minimum absolute atomic E-state index is 0.0392. The molecular weight excluding hydrogens is 594 g/mol. The highest BCUT2D eigenvalue weighted by Crippen LogP contribution is 2.35. The minimum Gasteiger partial charge on any atom is -0.497 e. The summed E-state index contributed by atoms with van der Waals surface area (Å²) in [5.41, 5.74) is 1.33. The van der Waals surface area contributed by atoms with Crippen LogP contribution in [0.5, 0.6) is 11.5 Å². The second kappa shape index (κ2) is 17.2. The Morgan fingerprint density at radius 2 is 1.89 bits per heavy atom. The Labute approximate surface area is 261 Å². The Morgan fingerprint density at radius 3 is 2.57 bits per heavy atom. The maximum atomic E-state index is 15.4. The summed E-state index contributed by atoms with van der Waals surface area (Å²) in [6, 6.07) is 13.1. The number of ether oxygens (including phenoxy) is 2. The topological polar surface area (TPSA) is 66.9 Å². The molecule has 3 heterocycles. The van der Waals surface area contributed by atoms with E-state index in [0.29, 0.717) is 41.3 Å². The minimum atomic E-state index is -4.71. The number of piperidine rings is 2. The smallest absolute Gasteiger partial charge is 0.497 e. The number of thioether (sulfide) groups is 1. The van der Waals surface area contributed by atoms with Crippen LogP contribution in [0.2, 0.25) is 0 Å². The molecule has 6 nitrogen and oxygen atoms in total. The molecule has 3 atom stereocenters. The summed E-state index contributed by atoms with van der Waals surface area (Å²) < 4.78 is 62.1. The number of alkyl halides is 4. The fourth-order valence-corrected chi connectivity index (χ4v) is 6.82. The lowest BCUT2D eigenvalue weighted by atomic mass is 9.81. The predicted molar refractivity (Wildman–Crippen MR) is 167 cm³/mol. The maximum Gasteiger partial charge on any atom is 0.573 e. The molecule has 5 rings (SSSR count). The fraction of sp³-hybridized carbons (Fsp3) is 0.545. The van der Waals surface area contributed by atoms with Gasteiger partial charge < -0.3 is 24.8 Å². The highest BCUT2D eigenvalue weighted by Gasteiger charge is 2.31. The predicted octanol–water partition coefficient (Wildman–Crippen LogP) is 7.42. The lowest BCUT2D eigenvalue weighted by molar-refractivity contribution is -0.274. The summed E-state index contributed by atoms with van der Waals surface area (Å²) >= 11 is 1.46. The van der Waals surface area contributed by atoms with Gasteiger partial charge in [-0.1, -0.05) is 12.5 Å². The van der Waals surface area contributed by atoms with Crippen LogP contribution in [0.15, 0.2) is 59.6 Å². The van der Waals surface area contributed by atoms with Crippen molar-refractivity contribution in [3.63, 3.8) is 0 Å². The third-order valence-corrected chi connectivity index (χ3v) is 9.22. The van der Waals surface area contributed by atoms with Crippen LogP contribution in [0.4, 0.5) is 17.6 Å². The molecule has 44 heavy (non-hydrogen) atoms. The van der Waals surface area contributed by atoms with Crippen LogP contribution in [0.3, 0.4) is 0 Å². The first kappa shape index (κ1) is 34.3. The van der Waals surface area contributed by atoms with Gasteiger partial charge in [0.1, 0.15) is 17.7 Å². The van der Waals surface area contributed by atoms with Crippen molar-refractivity contribution < 1.29 is 32.1 Å². The molecule has 1 unspecified atom stereocenters. The standard InChI is InChI=1S/C28H32F4N2O3S.C5H11N/c1-36-21-6-8-27-25(16-21)24(9-11-33-27)26(29)7-5-19-10-12-34(17-20(19)18-35)13-14-38-23-4-2-3-22(15-23)37-28(30,31)32;1-2-4-6-5-3-1/h2-4,6,8-9,11,15-16,19-20,26,35H,5,7,10,12-14,17-18H2,1H3;6H,1-5H2/t19-,20-,26?;/m1./s1. The molecule has 2 N–H and O–H groups in total. The zero-order valence-corrected chi connectivity index (χ0v) is 26.0. The molecule has 0 radical (unpaired) electrons. The normalized spacial score (nSPS) is 20.0. The van der Waals surface area contributed by atoms with Gasteiger partial charge in [0.05, 0.1) is 12.6 Å². The van der Waals surface area contributed by atoms with E-state index in [1.165, 1.54) is 56.2 Å². The Morgan fingerprint density at radius 1 is 1.07 bits per heavy atom. The number of methoxy groups -OCH3 is 1. The van der Waals surface area contributed by atoms with Crippen LogP contribution in [0.1, 0.15) is 50.3 Å². The van der Waals surface area contributed by atoms with Gasteiger partial charge in [-0.2, -0.15) is 0 Å². The number of aliphatic hydroxyl groups is 1. The molecule has 3 aromatic rings. The van der Waals surface area contributed by atoms with Gasteiger partial charge in [-0.05, 0) is 112 Å². The van der Waals surface area contributed by atoms with Gasteiger partial charge >= 0.3 is 6.36 Å². The summed E-state index contributed by atoms with van der Waals surface area (Å²) in [5, 5.41) is 14.1. The average Bonchev–Trinajstić information content (AvgIpc) is 3.03. The Hall–Kier alpha value is -2.60. The molecule has 0 aliphatic carbocycles. The number of fused-ring (bicyclic) bond motifs is 1. The number of benzene rings is 2. The van der Waals surface area contributed by atoms with Gasteiger partial charge in [-0.3, -0.25) is 4.98 Å². The third kappa shape index (κ3) is 10.8. The monoisotopic (exact) mass is 637 g/mol. The van der Waals surface area contributed by atoms with Crippen LogP contribution in [-0.2, 0) is 0 Å². The van der Waals surface area contributed by atoms with E-state index < -0.39 is 12.5 Å². The fourth-order valence-electron chi connectivity index (χ4n) is 5.86. The molecule has 242 valence electrons. The van der Waals surface area contributed by atoms with Crippen molar-refractivity contribution in [1.29, 1.82) is 0 Å². The van der Waals surface area contributed by atoms with Gasteiger partial charge in [-0.15, -0.1) is 24.9 Å². The Kier molecular flexibility index (Phi) is 13.4. The number of hydrogen-bond donors (Lipinski definition) is 2. The Balaban J connectivity index is 0.000000657. The quantitative estimate of drug-likeness (QED) is 0.168. The number of aliphatic hydroxyl groups excluding tert-OH is 1. The molecule has 0 amide bonds. The van der Waals surface area contributed by atoms with Crippen molar-refractivity contribution in [3.8, 4) is 11.5 Å². The number of hydrogen-bond acceptors (Lipinski definition) is 7. The van der Waals surface area contributed by atoms with Crippen molar-refractivity contribution in [2.45, 2.75) is 56.0 Å². The van der Waals surface area contributed by atoms with E-state index in [2.05, 4.69) is 19.9 Å². The van der Waals surface area contributed by atoms with E-state index in [0.717, 1.165) is 30.4 Å². The van der Waals surface area contributed by atoms with Crippen LogP contribution < -0.4 is 14.8 Å². The van der Waals surface area contributed by atoms with E-state index in [9.17, 15) is 18.3 Å². The van der Waals surface area contributed by atoms with E-state index in [1.807, 2.05) is 18.2 Å². The van der Waals surface area contributed by atoms with E-state index in [-0.39, 0.29) is 24.2 Å². The molecule has 2 fully saturated rings. The molecule has 1 aromatic heterocycles. The van der Waals surface area contributed by atoms with Crippen LogP contribution in [-0.4, -0.2) is 73.5 Å². The molecule has 0 bridgehead atoms. The SMILES string of the molecule is C1CCNCC1.COc1ccc2nccc(C(F)CC[C@@H]3CCN(CCSc4cccc(OC(F)(F)F)c4)C[C@@H]3CO)c2c1. The number of pyridine rings is 1. The van der Waals surface area contributed by atoms with Gasteiger partial charge in [-0.25, -0.2) is 4.39 Å². The molecule has 11 heteroatoms. The first-order chi connectivity index (χ1) is 21.3. The van der Waals surface area contributed by atoms with Gasteiger partial charge in [0.2, 0.25) is 0 Å². The lowest BCUT2D eigenvalue weighted by Gasteiger charge is -2.38. The number of nitrogens with one attached hydrogen (secondary N) is 1. The van der Waals surface area contributed by atoms with Crippen molar-refractivity contribution in [1.82, 2.24) is 15.2 Å². The lowest BCUT2D eigenvalue weighted by Crippen LogP contribution is -2.43. The van der Waals surface area contributed by atoms with Gasteiger partial charge in [0.25, 0.3) is 0 Å². The summed E-state index contributed by atoms with van der Waals surface area (Å²) in [4.78, 5) is 7.30. The number of nitrogens with zero attached hydrogens (tertiary/aromatic N) is 2. The number of rotatable bonds is 11. The van der Waals surface area contributed by atoms with Crippen molar-refractivity contribution in [2.75, 3.05) is 52.2 Å². The summed E-state index contributed by atoms with van der Waals surface area (Å²) in [5.74, 6) is 1.41. The first-order valence-electron chi connectivity index (χ1n) is 15.3. The van der Waals surface area contributed by atoms with E-state index >= 15 is 4.39 Å². The largest absolute Gasteiger partial charge is 0.573 e. The van der Waals surface area contributed by atoms with Crippen LogP contribution in [0.25, 0.3) is 10.9 Å². The number of aromatic nitrogens is 1. The van der Waals surface area contributed by atoms with Crippen molar-refractivity contribution >= 4 is 22.7 Å². The molecule has 2 saturated heterocycles. The van der Waals surface area contributed by atoms with Crippen molar-refractivity contribution in [2.24, 2.45) is 11.8 Å². The highest BCUT2D eigenvalue weighted by atomic mass is 32.2. The van der Waals surface area contributed by atoms with E-state index in [1.54, 1.807) is 31.5 Å². The average molecular weight is 638 g/mol. The summed E-state index contributed by atoms with van der Waals surface area (Å²) in [6.07, 6.45) is 1.89. The molecule has 2 aliphatic heterocycles. The third-order valence-electron chi connectivity index (χ3n) is 8.24. The van der Waals surface area contributed by atoms with Gasteiger partial charge in [0.15, 0.2) is 0 Å². The first-order valence-corrected chi connectivity index (χ1v) is 16.3. The second-order valence-corrected chi connectivity index (χ2v) is 12.5. The molecule has 0 saturated carbocycles. The van der Waals surface area contributed by atoms with Crippen LogP contribution >= 0.6 is 11.8 Å². The maximum absolute atomic E-state index is 15.4. The van der Waals surface area contributed by atoms with E-state index in [4.69, 9.17) is 4.74 Å². The van der Waals surface area contributed by atoms with Crippen LogP contribution in [0, 0.1) is 11.8 Å². The number of likely N-dealkylation sites (tertiary alicyclic amines) is 1. The second-order valence-electron chi connectivity index (χ2n) is 11.3. The molecule has 2 aromatic carbocycles. The Bertz CT molecular complexity index is 1280. The van der Waals surface area contributed by atoms with Gasteiger partial charge in [0, 0.05) is 41.9 Å². The molecular formula is C33H43F4N3O3S. The summed E-state index contributed by atoms with van der Waals surface area (Å²) in [6.45, 7) is 4.84. The zero-order chi connectivity index (χ0) is 31.4. The molecule has 0 spiro atoms. The number of halogens is 4. The molecule has 2 aliphatic rings. The van der Waals surface area contributed by atoms with Crippen molar-refractivity contribution in [3.05, 3.63) is 60.3 Å². The zero-order valence-electron chi connectivity index (χ0n) is 25.2. The summed E-state index contributed by atoms with van der Waals surface area (Å²) in [7, 11) is 1.58. The highest BCUT2D eigenvalue weighted by molar-refractivity contribution is 7.99.